The van der Waals surface area contributed by atoms with Gasteiger partial charge in [-0.1, -0.05) is 13.8 Å². The van der Waals surface area contributed by atoms with Gasteiger partial charge in [-0.2, -0.15) is 16.9 Å². The van der Waals surface area contributed by atoms with E-state index in [1.165, 1.54) is 11.3 Å². The smallest absolute Gasteiger partial charge is 0.0537 e. The van der Waals surface area contributed by atoms with Crippen molar-refractivity contribution in [3.63, 3.8) is 0 Å². The molecule has 3 nitrogen and oxygen atoms in total. The minimum Gasteiger partial charge on any atom is -0.310 e. The predicted molar refractivity (Wildman–Crippen MR) is 67.3 cm³/mol. The first-order chi connectivity index (χ1) is 7.15. The second-order valence-corrected chi connectivity index (χ2v) is 4.99. The van der Waals surface area contributed by atoms with E-state index < -0.39 is 0 Å². The predicted octanol–water partition coefficient (Wildman–Crippen LogP) is 2.05. The van der Waals surface area contributed by atoms with Crippen molar-refractivity contribution in [2.75, 3.05) is 12.0 Å². The van der Waals surface area contributed by atoms with E-state index in [1.807, 2.05) is 18.0 Å². The van der Waals surface area contributed by atoms with Gasteiger partial charge in [-0.25, -0.2) is 0 Å². The van der Waals surface area contributed by atoms with Gasteiger partial charge in [0.25, 0.3) is 0 Å². The maximum Gasteiger partial charge on any atom is 0.0537 e. The first-order valence-electron chi connectivity index (χ1n) is 5.38. The normalized spacial score (nSPS) is 11.3. The molecular formula is C11H21N3S. The molecule has 0 aliphatic heterocycles. The molecule has 0 bridgehead atoms. The molecule has 0 radical (unpaired) electrons. The summed E-state index contributed by atoms with van der Waals surface area (Å²) in [6.45, 7) is 8.39. The van der Waals surface area contributed by atoms with Crippen LogP contribution in [0.1, 0.15) is 25.1 Å². The van der Waals surface area contributed by atoms with E-state index in [-0.39, 0.29) is 0 Å². The molecule has 1 N–H and O–H groups in total. The zero-order valence-corrected chi connectivity index (χ0v) is 10.9. The van der Waals surface area contributed by atoms with Gasteiger partial charge in [0.15, 0.2) is 0 Å². The van der Waals surface area contributed by atoms with E-state index >= 15 is 0 Å². The van der Waals surface area contributed by atoms with Crippen LogP contribution in [0.25, 0.3) is 0 Å². The molecular weight excluding hydrogens is 206 g/mol. The molecule has 1 aromatic rings. The lowest BCUT2D eigenvalue weighted by molar-refractivity contribution is 0.584. The van der Waals surface area contributed by atoms with Crippen molar-refractivity contribution in [1.82, 2.24) is 15.1 Å². The topological polar surface area (TPSA) is 29.9 Å². The van der Waals surface area contributed by atoms with Gasteiger partial charge in [-0.15, -0.1) is 0 Å². The average Bonchev–Trinajstić information content (AvgIpc) is 2.54. The van der Waals surface area contributed by atoms with Crippen molar-refractivity contribution < 1.29 is 0 Å². The maximum absolute atomic E-state index is 4.39. The van der Waals surface area contributed by atoms with Crippen LogP contribution >= 0.6 is 11.8 Å². The number of hydrogen-bond acceptors (Lipinski definition) is 3. The van der Waals surface area contributed by atoms with Gasteiger partial charge in [0.2, 0.25) is 0 Å². The van der Waals surface area contributed by atoms with Crippen molar-refractivity contribution in [1.29, 1.82) is 0 Å². The van der Waals surface area contributed by atoms with E-state index in [0.29, 0.717) is 6.04 Å². The zero-order valence-electron chi connectivity index (χ0n) is 10.1. The van der Waals surface area contributed by atoms with E-state index in [9.17, 15) is 0 Å². The molecule has 1 heterocycles. The van der Waals surface area contributed by atoms with Crippen LogP contribution in [0.3, 0.4) is 0 Å². The molecule has 0 unspecified atom stereocenters. The summed E-state index contributed by atoms with van der Waals surface area (Å²) in [4.78, 5) is 0. The first-order valence-corrected chi connectivity index (χ1v) is 6.78. The van der Waals surface area contributed by atoms with Crippen LogP contribution in [0, 0.1) is 6.92 Å². The highest BCUT2D eigenvalue weighted by molar-refractivity contribution is 7.98. The Labute approximate surface area is 96.6 Å². The van der Waals surface area contributed by atoms with Crippen molar-refractivity contribution in [2.45, 2.75) is 39.9 Å². The highest BCUT2D eigenvalue weighted by Crippen LogP contribution is 2.08. The van der Waals surface area contributed by atoms with Crippen molar-refractivity contribution in [2.24, 2.45) is 0 Å². The van der Waals surface area contributed by atoms with Gasteiger partial charge < -0.3 is 5.32 Å². The third-order valence-electron chi connectivity index (χ3n) is 2.41. The number of thioether (sulfide) groups is 1. The first kappa shape index (κ1) is 12.6. The van der Waals surface area contributed by atoms with Crippen LogP contribution in [0.2, 0.25) is 0 Å². The Bertz CT molecular complexity index is 294. The largest absolute Gasteiger partial charge is 0.310 e. The van der Waals surface area contributed by atoms with Crippen molar-refractivity contribution >= 4 is 11.8 Å². The lowest BCUT2D eigenvalue weighted by Crippen LogP contribution is -2.22. The Morgan fingerprint density at radius 1 is 1.53 bits per heavy atom. The van der Waals surface area contributed by atoms with Gasteiger partial charge in [-0.05, 0) is 13.2 Å². The van der Waals surface area contributed by atoms with E-state index in [4.69, 9.17) is 0 Å². The fourth-order valence-corrected chi connectivity index (χ4v) is 1.73. The number of aromatic nitrogens is 2. The highest BCUT2D eigenvalue weighted by Gasteiger charge is 2.05. The van der Waals surface area contributed by atoms with Crippen LogP contribution in [0.5, 0.6) is 0 Å². The van der Waals surface area contributed by atoms with Gasteiger partial charge in [0.05, 0.1) is 12.7 Å². The number of aryl methyl sites for hydroxylation is 1. The van der Waals surface area contributed by atoms with Crippen LogP contribution in [0.15, 0.2) is 6.20 Å². The summed E-state index contributed by atoms with van der Waals surface area (Å²) in [5, 5.41) is 7.81. The molecule has 15 heavy (non-hydrogen) atoms. The second kappa shape index (κ2) is 6.18. The van der Waals surface area contributed by atoms with Gasteiger partial charge in [0, 0.05) is 29.6 Å². The summed E-state index contributed by atoms with van der Waals surface area (Å²) in [6, 6.07) is 0.527. The van der Waals surface area contributed by atoms with Crippen LogP contribution in [-0.2, 0) is 13.1 Å². The molecule has 0 aromatic carbocycles. The summed E-state index contributed by atoms with van der Waals surface area (Å²) in [5.41, 5.74) is 2.60. The summed E-state index contributed by atoms with van der Waals surface area (Å²) >= 11 is 1.86. The standard InChI is InChI=1S/C11H21N3S/c1-9(2)12-7-11-8-13-14(10(11)3)5-6-15-4/h8-9,12H,5-7H2,1-4H3. The quantitative estimate of drug-likeness (QED) is 0.806. The minimum atomic E-state index is 0.527. The van der Waals surface area contributed by atoms with Gasteiger partial charge in [-0.3, -0.25) is 4.68 Å². The monoisotopic (exact) mass is 227 g/mol. The van der Waals surface area contributed by atoms with Crippen LogP contribution in [0.4, 0.5) is 0 Å². The molecule has 0 aliphatic carbocycles. The Hall–Kier alpha value is -0.480. The average molecular weight is 227 g/mol. The maximum atomic E-state index is 4.39. The Morgan fingerprint density at radius 2 is 2.27 bits per heavy atom. The van der Waals surface area contributed by atoms with Crippen LogP contribution in [-0.4, -0.2) is 27.8 Å². The minimum absolute atomic E-state index is 0.527. The molecule has 1 aromatic heterocycles. The summed E-state index contributed by atoms with van der Waals surface area (Å²) in [5.74, 6) is 1.12. The van der Waals surface area contributed by atoms with Crippen molar-refractivity contribution in [3.05, 3.63) is 17.5 Å². The molecule has 0 saturated carbocycles. The third kappa shape index (κ3) is 3.87. The fourth-order valence-electron chi connectivity index (χ4n) is 1.38. The van der Waals surface area contributed by atoms with Crippen LogP contribution < -0.4 is 5.32 Å². The number of nitrogens with zero attached hydrogens (tertiary/aromatic N) is 2. The highest BCUT2D eigenvalue weighted by atomic mass is 32.2. The summed E-state index contributed by atoms with van der Waals surface area (Å²) in [6.07, 6.45) is 4.10. The lowest BCUT2D eigenvalue weighted by Gasteiger charge is -2.08. The summed E-state index contributed by atoms with van der Waals surface area (Å²) < 4.78 is 2.09. The molecule has 1 rings (SSSR count). The van der Waals surface area contributed by atoms with E-state index in [2.05, 4.69) is 42.1 Å². The molecule has 0 fully saturated rings. The molecule has 0 spiro atoms. The molecule has 0 atom stereocenters. The SMILES string of the molecule is CSCCn1ncc(CNC(C)C)c1C. The second-order valence-electron chi connectivity index (χ2n) is 4.01. The molecule has 0 aliphatic rings. The Balaban J connectivity index is 2.54. The molecule has 4 heteroatoms. The Morgan fingerprint density at radius 3 is 2.87 bits per heavy atom. The number of rotatable bonds is 6. The van der Waals surface area contributed by atoms with Gasteiger partial charge >= 0.3 is 0 Å². The third-order valence-corrected chi connectivity index (χ3v) is 3.00. The molecule has 0 amide bonds. The number of nitrogens with one attached hydrogen (secondary N) is 1. The summed E-state index contributed by atoms with van der Waals surface area (Å²) in [7, 11) is 0. The lowest BCUT2D eigenvalue weighted by atomic mass is 10.2. The van der Waals surface area contributed by atoms with Gasteiger partial charge in [0.1, 0.15) is 0 Å². The molecule has 86 valence electrons. The fraction of sp³-hybridized carbons (Fsp3) is 0.727. The zero-order chi connectivity index (χ0) is 11.3. The van der Waals surface area contributed by atoms with E-state index in [1.54, 1.807) is 0 Å². The number of hydrogen-bond donors (Lipinski definition) is 1. The Kier molecular flexibility index (Phi) is 5.19. The van der Waals surface area contributed by atoms with E-state index in [0.717, 1.165) is 18.8 Å². The molecule has 0 saturated heterocycles. The van der Waals surface area contributed by atoms with Crippen molar-refractivity contribution in [3.8, 4) is 0 Å².